The summed E-state index contributed by atoms with van der Waals surface area (Å²) in [6, 6.07) is 17.6. The third-order valence-electron chi connectivity index (χ3n) is 4.86. The van der Waals surface area contributed by atoms with Crippen LogP contribution in [-0.2, 0) is 0 Å². The fourth-order valence-electron chi connectivity index (χ4n) is 3.47. The average Bonchev–Trinajstić information content (AvgIpc) is 2.64. The summed E-state index contributed by atoms with van der Waals surface area (Å²) in [5.74, 6) is -0.0252. The topological polar surface area (TPSA) is 78.6 Å². The first-order valence-electron chi connectivity index (χ1n) is 8.75. The Hall–Kier alpha value is -2.08. The molecule has 26 heavy (non-hydrogen) atoms. The van der Waals surface area contributed by atoms with Gasteiger partial charge in [-0.3, -0.25) is 9.69 Å². The maximum Gasteiger partial charge on any atom is 0.250 e. The van der Waals surface area contributed by atoms with Gasteiger partial charge in [-0.15, -0.1) is 12.4 Å². The Bertz CT molecular complexity index is 711. The number of nitrogens with zero attached hydrogens (tertiary/aromatic N) is 1. The van der Waals surface area contributed by atoms with Crippen LogP contribution in [0.25, 0.3) is 0 Å². The summed E-state index contributed by atoms with van der Waals surface area (Å²) in [6.45, 7) is 2.23. The number of para-hydroxylation sites is 1. The van der Waals surface area contributed by atoms with Crippen molar-refractivity contribution in [2.24, 2.45) is 5.73 Å². The van der Waals surface area contributed by atoms with Crippen LogP contribution in [0, 0.1) is 0 Å². The fourth-order valence-corrected chi connectivity index (χ4v) is 3.47. The smallest absolute Gasteiger partial charge is 0.250 e. The number of amides is 1. The van der Waals surface area contributed by atoms with Gasteiger partial charge in [-0.1, -0.05) is 42.5 Å². The Morgan fingerprint density at radius 1 is 1.15 bits per heavy atom. The minimum atomic E-state index is -0.438. The second-order valence-electron chi connectivity index (χ2n) is 6.49. The summed E-state index contributed by atoms with van der Waals surface area (Å²) in [4.78, 5) is 13.5. The molecule has 1 fully saturated rings. The number of hydrogen-bond acceptors (Lipinski definition) is 4. The van der Waals surface area contributed by atoms with Crippen LogP contribution in [0.1, 0.15) is 34.7 Å². The highest BCUT2D eigenvalue weighted by molar-refractivity contribution is 5.98. The third-order valence-corrected chi connectivity index (χ3v) is 4.86. The molecule has 2 aromatic carbocycles. The van der Waals surface area contributed by atoms with Gasteiger partial charge in [0.05, 0.1) is 5.56 Å². The lowest BCUT2D eigenvalue weighted by molar-refractivity contribution is -0.0281. The third kappa shape index (κ3) is 4.97. The molecule has 2 unspecified atom stereocenters. The zero-order valence-electron chi connectivity index (χ0n) is 14.7. The number of hydrogen-bond donors (Lipinski definition) is 3. The SMILES string of the molecule is Cl.NC(=O)c1ccccc1NCCN1CCC(c2ccccc2)CC1O. The van der Waals surface area contributed by atoms with E-state index in [9.17, 15) is 9.90 Å². The zero-order valence-corrected chi connectivity index (χ0v) is 15.5. The molecular formula is C20H26ClN3O2. The molecule has 1 aliphatic heterocycles. The number of nitrogens with two attached hydrogens (primary N) is 1. The van der Waals surface area contributed by atoms with Gasteiger partial charge >= 0.3 is 0 Å². The predicted molar refractivity (Wildman–Crippen MR) is 107 cm³/mol. The first-order valence-corrected chi connectivity index (χ1v) is 8.75. The van der Waals surface area contributed by atoms with Gasteiger partial charge in [-0.05, 0) is 36.5 Å². The fraction of sp³-hybridized carbons (Fsp3) is 0.350. The van der Waals surface area contributed by atoms with Crippen molar-refractivity contribution >= 4 is 24.0 Å². The van der Waals surface area contributed by atoms with Crippen molar-refractivity contribution < 1.29 is 9.90 Å². The molecular weight excluding hydrogens is 350 g/mol. The lowest BCUT2D eigenvalue weighted by Gasteiger charge is -2.36. The molecule has 0 bridgehead atoms. The second-order valence-corrected chi connectivity index (χ2v) is 6.49. The van der Waals surface area contributed by atoms with Crippen molar-refractivity contribution in [3.63, 3.8) is 0 Å². The molecule has 2 atom stereocenters. The Labute approximate surface area is 160 Å². The van der Waals surface area contributed by atoms with Gasteiger partial charge in [0.25, 0.3) is 5.91 Å². The molecule has 1 amide bonds. The normalized spacial score (nSPS) is 20.2. The van der Waals surface area contributed by atoms with Gasteiger partial charge in [0, 0.05) is 25.3 Å². The predicted octanol–water partition coefficient (Wildman–Crippen LogP) is 2.82. The van der Waals surface area contributed by atoms with Crippen LogP contribution in [0.15, 0.2) is 54.6 Å². The number of nitrogens with one attached hydrogen (secondary N) is 1. The van der Waals surface area contributed by atoms with Crippen LogP contribution >= 0.6 is 12.4 Å². The first kappa shape index (κ1) is 20.2. The molecule has 0 aliphatic carbocycles. The van der Waals surface area contributed by atoms with E-state index >= 15 is 0 Å². The van der Waals surface area contributed by atoms with E-state index in [0.29, 0.717) is 18.0 Å². The van der Waals surface area contributed by atoms with Crippen LogP contribution in [0.5, 0.6) is 0 Å². The molecule has 5 nitrogen and oxygen atoms in total. The monoisotopic (exact) mass is 375 g/mol. The minimum Gasteiger partial charge on any atom is -0.383 e. The average molecular weight is 376 g/mol. The van der Waals surface area contributed by atoms with Crippen molar-refractivity contribution in [1.82, 2.24) is 4.90 Å². The highest BCUT2D eigenvalue weighted by atomic mass is 35.5. The molecule has 6 heteroatoms. The number of piperidine rings is 1. The Kier molecular flexibility index (Phi) is 7.45. The number of benzene rings is 2. The number of likely N-dealkylation sites (tertiary alicyclic amines) is 1. The summed E-state index contributed by atoms with van der Waals surface area (Å²) in [7, 11) is 0. The number of aliphatic hydroxyl groups excluding tert-OH is 1. The van der Waals surface area contributed by atoms with Gasteiger partial charge in [-0.2, -0.15) is 0 Å². The maximum absolute atomic E-state index is 11.4. The molecule has 1 saturated heterocycles. The molecule has 0 spiro atoms. The molecule has 0 radical (unpaired) electrons. The van der Waals surface area contributed by atoms with E-state index in [-0.39, 0.29) is 12.4 Å². The molecule has 1 heterocycles. The van der Waals surface area contributed by atoms with Gasteiger partial charge in [0.2, 0.25) is 0 Å². The first-order chi connectivity index (χ1) is 12.1. The lowest BCUT2D eigenvalue weighted by atomic mass is 9.88. The maximum atomic E-state index is 11.4. The molecule has 3 rings (SSSR count). The van der Waals surface area contributed by atoms with Crippen molar-refractivity contribution in [3.8, 4) is 0 Å². The summed E-state index contributed by atoms with van der Waals surface area (Å²) in [5.41, 5.74) is 7.92. The summed E-state index contributed by atoms with van der Waals surface area (Å²) >= 11 is 0. The standard InChI is InChI=1S/C20H25N3O2.ClH/c21-20(25)17-8-4-5-9-18(17)22-11-13-23-12-10-16(14-19(23)24)15-6-2-1-3-7-15;/h1-9,16,19,22,24H,10-14H2,(H2,21,25);1H. The van der Waals surface area contributed by atoms with Crippen molar-refractivity contribution in [1.29, 1.82) is 0 Å². The number of carbonyl (C=O) groups is 1. The number of rotatable bonds is 6. The molecule has 1 aliphatic rings. The van der Waals surface area contributed by atoms with Gasteiger partial charge in [0.1, 0.15) is 6.23 Å². The Balaban J connectivity index is 0.00000243. The van der Waals surface area contributed by atoms with E-state index < -0.39 is 12.1 Å². The summed E-state index contributed by atoms with van der Waals surface area (Å²) in [6.07, 6.45) is 1.35. The lowest BCUT2D eigenvalue weighted by Crippen LogP contribution is -2.44. The van der Waals surface area contributed by atoms with E-state index in [1.807, 2.05) is 30.3 Å². The number of carbonyl (C=O) groups excluding carboxylic acids is 1. The molecule has 0 saturated carbocycles. The molecule has 2 aromatic rings. The summed E-state index contributed by atoms with van der Waals surface area (Å²) < 4.78 is 0. The van der Waals surface area contributed by atoms with E-state index in [1.54, 1.807) is 12.1 Å². The van der Waals surface area contributed by atoms with E-state index in [2.05, 4.69) is 22.3 Å². The number of anilines is 1. The van der Waals surface area contributed by atoms with Gasteiger partial charge < -0.3 is 16.2 Å². The Morgan fingerprint density at radius 2 is 1.85 bits per heavy atom. The van der Waals surface area contributed by atoms with Crippen LogP contribution in [0.2, 0.25) is 0 Å². The minimum absolute atomic E-state index is 0. The molecule has 0 aromatic heterocycles. The van der Waals surface area contributed by atoms with Crippen LogP contribution < -0.4 is 11.1 Å². The van der Waals surface area contributed by atoms with Crippen LogP contribution in [0.3, 0.4) is 0 Å². The van der Waals surface area contributed by atoms with Crippen molar-refractivity contribution in [3.05, 3.63) is 65.7 Å². The van der Waals surface area contributed by atoms with E-state index in [1.165, 1.54) is 5.56 Å². The Morgan fingerprint density at radius 3 is 2.54 bits per heavy atom. The van der Waals surface area contributed by atoms with Crippen molar-refractivity contribution in [2.75, 3.05) is 25.0 Å². The highest BCUT2D eigenvalue weighted by Gasteiger charge is 2.27. The van der Waals surface area contributed by atoms with E-state index in [0.717, 1.165) is 31.6 Å². The quantitative estimate of drug-likeness (QED) is 0.725. The molecule has 4 N–H and O–H groups in total. The van der Waals surface area contributed by atoms with Crippen LogP contribution in [0.4, 0.5) is 5.69 Å². The highest BCUT2D eigenvalue weighted by Crippen LogP contribution is 2.30. The van der Waals surface area contributed by atoms with Gasteiger partial charge in [0.15, 0.2) is 0 Å². The number of primary amides is 1. The van der Waals surface area contributed by atoms with Crippen molar-refractivity contribution in [2.45, 2.75) is 25.0 Å². The number of aliphatic hydroxyl groups is 1. The zero-order chi connectivity index (χ0) is 17.6. The number of halogens is 1. The largest absolute Gasteiger partial charge is 0.383 e. The van der Waals surface area contributed by atoms with E-state index in [4.69, 9.17) is 5.73 Å². The van der Waals surface area contributed by atoms with Crippen LogP contribution in [-0.4, -0.2) is 41.8 Å². The molecule has 140 valence electrons. The summed E-state index contributed by atoms with van der Waals surface area (Å²) in [5, 5.41) is 13.7. The second kappa shape index (κ2) is 9.57. The van der Waals surface area contributed by atoms with Gasteiger partial charge in [-0.25, -0.2) is 0 Å².